The summed E-state index contributed by atoms with van der Waals surface area (Å²) in [6.07, 6.45) is 1.98. The lowest BCUT2D eigenvalue weighted by Crippen LogP contribution is -2.22. The minimum Gasteiger partial charge on any atom is -0.490 e. The molecule has 0 saturated heterocycles. The summed E-state index contributed by atoms with van der Waals surface area (Å²) in [5.74, 6) is 1.69. The van der Waals surface area contributed by atoms with Gasteiger partial charge in [-0.2, -0.15) is 0 Å². The van der Waals surface area contributed by atoms with Crippen LogP contribution in [0.3, 0.4) is 0 Å². The molecule has 4 heteroatoms. The quantitative estimate of drug-likeness (QED) is 0.635. The van der Waals surface area contributed by atoms with Gasteiger partial charge in [0.25, 0.3) is 0 Å². The topological polar surface area (TPSA) is 39.7 Å². The van der Waals surface area contributed by atoms with Crippen LogP contribution in [0.25, 0.3) is 0 Å². The van der Waals surface area contributed by atoms with E-state index >= 15 is 0 Å². The van der Waals surface area contributed by atoms with Crippen molar-refractivity contribution in [2.75, 3.05) is 26.9 Å². The normalized spacial score (nSPS) is 10.9. The minimum atomic E-state index is 0.440. The van der Waals surface area contributed by atoms with Crippen LogP contribution in [0.1, 0.15) is 39.2 Å². The van der Waals surface area contributed by atoms with Gasteiger partial charge < -0.3 is 19.5 Å². The van der Waals surface area contributed by atoms with E-state index in [2.05, 4.69) is 25.2 Å². The highest BCUT2D eigenvalue weighted by molar-refractivity contribution is 5.46. The molecule has 0 fully saturated rings. The summed E-state index contributed by atoms with van der Waals surface area (Å²) >= 11 is 0. The SMILES string of the molecule is CCOc1cccc(CNC(C)C)c1OCCCCOC. The lowest BCUT2D eigenvalue weighted by Gasteiger charge is -2.17. The lowest BCUT2D eigenvalue weighted by atomic mass is 10.1. The molecule has 0 amide bonds. The summed E-state index contributed by atoms with van der Waals surface area (Å²) in [6, 6.07) is 6.50. The monoisotopic (exact) mass is 295 g/mol. The molecule has 120 valence electrons. The summed E-state index contributed by atoms with van der Waals surface area (Å²) in [6.45, 7) is 9.14. The van der Waals surface area contributed by atoms with E-state index in [0.29, 0.717) is 19.3 Å². The van der Waals surface area contributed by atoms with Crippen molar-refractivity contribution in [3.8, 4) is 11.5 Å². The predicted octanol–water partition coefficient (Wildman–Crippen LogP) is 3.39. The fourth-order valence-electron chi connectivity index (χ4n) is 1.97. The molecule has 0 atom stereocenters. The number of hydrogen-bond acceptors (Lipinski definition) is 4. The van der Waals surface area contributed by atoms with E-state index in [1.165, 1.54) is 0 Å². The van der Waals surface area contributed by atoms with Crippen molar-refractivity contribution in [1.29, 1.82) is 0 Å². The Bertz CT molecular complexity index is 394. The second-order valence-electron chi connectivity index (χ2n) is 5.26. The maximum absolute atomic E-state index is 5.98. The standard InChI is InChI=1S/C17H29NO3/c1-5-20-16-10-8-9-15(13-18-14(2)3)17(16)21-12-7-6-11-19-4/h8-10,14,18H,5-7,11-13H2,1-4H3. The maximum atomic E-state index is 5.98. The van der Waals surface area contributed by atoms with Gasteiger partial charge in [-0.15, -0.1) is 0 Å². The van der Waals surface area contributed by atoms with Crippen LogP contribution in [-0.4, -0.2) is 33.0 Å². The van der Waals surface area contributed by atoms with E-state index in [9.17, 15) is 0 Å². The molecule has 0 aliphatic rings. The van der Waals surface area contributed by atoms with E-state index < -0.39 is 0 Å². The molecule has 0 bridgehead atoms. The van der Waals surface area contributed by atoms with Gasteiger partial charge in [0.1, 0.15) is 0 Å². The van der Waals surface area contributed by atoms with Crippen molar-refractivity contribution in [2.45, 2.75) is 46.2 Å². The van der Waals surface area contributed by atoms with Crippen LogP contribution in [0.5, 0.6) is 11.5 Å². The first-order valence-corrected chi connectivity index (χ1v) is 7.78. The number of benzene rings is 1. The largest absolute Gasteiger partial charge is 0.490 e. The van der Waals surface area contributed by atoms with Crippen LogP contribution in [0.15, 0.2) is 18.2 Å². The number of nitrogens with one attached hydrogen (secondary N) is 1. The van der Waals surface area contributed by atoms with Crippen LogP contribution in [-0.2, 0) is 11.3 Å². The highest BCUT2D eigenvalue weighted by Crippen LogP contribution is 2.31. The van der Waals surface area contributed by atoms with Crippen LogP contribution >= 0.6 is 0 Å². The molecular weight excluding hydrogens is 266 g/mol. The van der Waals surface area contributed by atoms with Gasteiger partial charge in [-0.25, -0.2) is 0 Å². The van der Waals surface area contributed by atoms with Crippen molar-refractivity contribution >= 4 is 0 Å². The number of rotatable bonds is 11. The fourth-order valence-corrected chi connectivity index (χ4v) is 1.97. The molecule has 0 aromatic heterocycles. The Morgan fingerprint density at radius 1 is 1.10 bits per heavy atom. The van der Waals surface area contributed by atoms with Crippen LogP contribution in [0.2, 0.25) is 0 Å². The molecule has 0 heterocycles. The molecule has 0 unspecified atom stereocenters. The summed E-state index contributed by atoms with van der Waals surface area (Å²) in [5, 5.41) is 3.43. The molecule has 0 aliphatic heterocycles. The average molecular weight is 295 g/mol. The molecule has 1 aromatic rings. The summed E-state index contributed by atoms with van der Waals surface area (Å²) in [5.41, 5.74) is 1.14. The molecule has 0 radical (unpaired) electrons. The van der Waals surface area contributed by atoms with E-state index in [-0.39, 0.29) is 0 Å². The van der Waals surface area contributed by atoms with E-state index in [0.717, 1.165) is 43.1 Å². The van der Waals surface area contributed by atoms with Gasteiger partial charge in [-0.3, -0.25) is 0 Å². The first-order chi connectivity index (χ1) is 10.2. The Morgan fingerprint density at radius 3 is 2.52 bits per heavy atom. The van der Waals surface area contributed by atoms with E-state index in [4.69, 9.17) is 14.2 Å². The van der Waals surface area contributed by atoms with Crippen LogP contribution in [0, 0.1) is 0 Å². The third kappa shape index (κ3) is 6.82. The molecule has 4 nitrogen and oxygen atoms in total. The second-order valence-corrected chi connectivity index (χ2v) is 5.26. The van der Waals surface area contributed by atoms with Gasteiger partial charge in [-0.1, -0.05) is 26.0 Å². The van der Waals surface area contributed by atoms with Crippen molar-refractivity contribution in [3.63, 3.8) is 0 Å². The summed E-state index contributed by atoms with van der Waals surface area (Å²) in [4.78, 5) is 0. The Hall–Kier alpha value is -1.26. The highest BCUT2D eigenvalue weighted by atomic mass is 16.5. The molecule has 0 spiro atoms. The van der Waals surface area contributed by atoms with Gasteiger partial charge in [0.15, 0.2) is 11.5 Å². The van der Waals surface area contributed by atoms with E-state index in [1.54, 1.807) is 7.11 Å². The van der Waals surface area contributed by atoms with Crippen LogP contribution in [0.4, 0.5) is 0 Å². The van der Waals surface area contributed by atoms with Crippen LogP contribution < -0.4 is 14.8 Å². The lowest BCUT2D eigenvalue weighted by molar-refractivity contribution is 0.182. The Balaban J connectivity index is 2.69. The van der Waals surface area contributed by atoms with Gasteiger partial charge in [0, 0.05) is 31.9 Å². The maximum Gasteiger partial charge on any atom is 0.165 e. The summed E-state index contributed by atoms with van der Waals surface area (Å²) in [7, 11) is 1.72. The zero-order valence-electron chi connectivity index (χ0n) is 13.8. The molecule has 1 N–H and O–H groups in total. The van der Waals surface area contributed by atoms with Gasteiger partial charge in [0.05, 0.1) is 13.2 Å². The Kier molecular flexibility index (Phi) is 8.87. The number of methoxy groups -OCH3 is 1. The Labute approximate surface area is 128 Å². The molecule has 1 rings (SSSR count). The van der Waals surface area contributed by atoms with E-state index in [1.807, 2.05) is 19.1 Å². The smallest absolute Gasteiger partial charge is 0.165 e. The predicted molar refractivity (Wildman–Crippen MR) is 86.2 cm³/mol. The van der Waals surface area contributed by atoms with Crippen molar-refractivity contribution in [2.24, 2.45) is 0 Å². The molecule has 21 heavy (non-hydrogen) atoms. The molecule has 0 aliphatic carbocycles. The number of unbranched alkanes of at least 4 members (excludes halogenated alkanes) is 1. The van der Waals surface area contributed by atoms with Crippen molar-refractivity contribution in [1.82, 2.24) is 5.32 Å². The average Bonchev–Trinajstić information content (AvgIpc) is 2.46. The van der Waals surface area contributed by atoms with Gasteiger partial charge in [-0.05, 0) is 25.8 Å². The summed E-state index contributed by atoms with van der Waals surface area (Å²) < 4.78 is 16.7. The zero-order valence-corrected chi connectivity index (χ0v) is 13.8. The highest BCUT2D eigenvalue weighted by Gasteiger charge is 2.11. The fraction of sp³-hybridized carbons (Fsp3) is 0.647. The Morgan fingerprint density at radius 2 is 1.86 bits per heavy atom. The molecule has 1 aromatic carbocycles. The zero-order chi connectivity index (χ0) is 15.5. The second kappa shape index (κ2) is 10.5. The molecular formula is C17H29NO3. The third-order valence-electron chi connectivity index (χ3n) is 3.05. The number of para-hydroxylation sites is 1. The number of hydrogen-bond donors (Lipinski definition) is 1. The first kappa shape index (κ1) is 17.8. The minimum absolute atomic E-state index is 0.440. The first-order valence-electron chi connectivity index (χ1n) is 7.78. The van der Waals surface area contributed by atoms with Crippen molar-refractivity contribution < 1.29 is 14.2 Å². The third-order valence-corrected chi connectivity index (χ3v) is 3.05. The molecule has 0 saturated carbocycles. The van der Waals surface area contributed by atoms with Gasteiger partial charge >= 0.3 is 0 Å². The van der Waals surface area contributed by atoms with Gasteiger partial charge in [0.2, 0.25) is 0 Å². The number of ether oxygens (including phenoxy) is 3. The van der Waals surface area contributed by atoms with Crippen molar-refractivity contribution in [3.05, 3.63) is 23.8 Å².